The van der Waals surface area contributed by atoms with Crippen LogP contribution in [0.5, 0.6) is 5.75 Å². The molecule has 1 aromatic carbocycles. The Bertz CT molecular complexity index is 1380. The van der Waals surface area contributed by atoms with E-state index in [1.54, 1.807) is 18.2 Å². The summed E-state index contributed by atoms with van der Waals surface area (Å²) >= 11 is 0. The van der Waals surface area contributed by atoms with Gasteiger partial charge in [-0.05, 0) is 30.4 Å². The van der Waals surface area contributed by atoms with Crippen molar-refractivity contribution < 1.29 is 14.3 Å². The fourth-order valence-electron chi connectivity index (χ4n) is 5.02. The molecule has 0 spiro atoms. The van der Waals surface area contributed by atoms with Gasteiger partial charge in [0.15, 0.2) is 0 Å². The fourth-order valence-corrected chi connectivity index (χ4v) is 5.02. The lowest BCUT2D eigenvalue weighted by molar-refractivity contribution is -0.141. The van der Waals surface area contributed by atoms with Crippen LogP contribution in [0.3, 0.4) is 0 Å². The molecule has 2 aliphatic rings. The Morgan fingerprint density at radius 3 is 2.91 bits per heavy atom. The van der Waals surface area contributed by atoms with Crippen LogP contribution in [-0.4, -0.2) is 69.7 Å². The molecule has 174 valence electrons. The lowest BCUT2D eigenvalue weighted by Gasteiger charge is -2.39. The van der Waals surface area contributed by atoms with Crippen molar-refractivity contribution in [1.29, 1.82) is 0 Å². The van der Waals surface area contributed by atoms with Crippen LogP contribution in [0.25, 0.3) is 33.5 Å². The third-order valence-electron chi connectivity index (χ3n) is 6.85. The standard InChI is InChI=1S/C25H26N6O3/c1-33-14-22(32)30-12-17(13-30)31-11-16(10-26-31)23-25-20(28-29-23)9-21(34-2)24(27-25)19-8-4-6-15-5-3-7-18(15)19/h4,6,8-11,17H,3,5,7,12-14H2,1-2H3,(H,28,29). The number of hydrogen-bond acceptors (Lipinski definition) is 6. The number of ether oxygens (including phenoxy) is 2. The predicted molar refractivity (Wildman–Crippen MR) is 127 cm³/mol. The Morgan fingerprint density at radius 1 is 1.21 bits per heavy atom. The highest BCUT2D eigenvalue weighted by atomic mass is 16.5. The number of likely N-dealkylation sites (tertiary alicyclic amines) is 1. The zero-order valence-corrected chi connectivity index (χ0v) is 19.2. The molecule has 9 nitrogen and oxygen atoms in total. The topological polar surface area (TPSA) is 98.2 Å². The molecule has 1 aliphatic carbocycles. The van der Waals surface area contributed by atoms with Crippen molar-refractivity contribution in [3.63, 3.8) is 0 Å². The number of benzene rings is 1. The number of fused-ring (bicyclic) bond motifs is 2. The van der Waals surface area contributed by atoms with Gasteiger partial charge in [-0.25, -0.2) is 4.98 Å². The number of hydrogen-bond donors (Lipinski definition) is 1. The molecule has 0 saturated carbocycles. The first kappa shape index (κ1) is 20.9. The smallest absolute Gasteiger partial charge is 0.248 e. The minimum atomic E-state index is 0.00231. The van der Waals surface area contributed by atoms with Crippen LogP contribution in [0.1, 0.15) is 23.6 Å². The monoisotopic (exact) mass is 458 g/mol. The van der Waals surface area contributed by atoms with Crippen LogP contribution in [-0.2, 0) is 22.4 Å². The van der Waals surface area contributed by atoms with Crippen molar-refractivity contribution in [3.05, 3.63) is 47.8 Å². The predicted octanol–water partition coefficient (Wildman–Crippen LogP) is 3.02. The molecule has 34 heavy (non-hydrogen) atoms. The van der Waals surface area contributed by atoms with Crippen molar-refractivity contribution in [2.24, 2.45) is 0 Å². The molecule has 3 aromatic heterocycles. The van der Waals surface area contributed by atoms with Crippen molar-refractivity contribution in [2.75, 3.05) is 33.9 Å². The number of amides is 1. The number of aryl methyl sites for hydroxylation is 1. The summed E-state index contributed by atoms with van der Waals surface area (Å²) in [5, 5.41) is 12.2. The summed E-state index contributed by atoms with van der Waals surface area (Å²) < 4.78 is 12.6. The van der Waals surface area contributed by atoms with Crippen LogP contribution >= 0.6 is 0 Å². The second kappa shape index (κ2) is 8.25. The molecule has 1 fully saturated rings. The molecule has 1 aliphatic heterocycles. The van der Waals surface area contributed by atoms with Gasteiger partial charge in [-0.1, -0.05) is 18.2 Å². The SMILES string of the molecule is COCC(=O)N1CC(n2cc(-c3n[nH]c4cc(OC)c(-c5cccc6c5CCC6)nc34)cn2)C1. The summed E-state index contributed by atoms with van der Waals surface area (Å²) in [5.41, 5.74) is 7.98. The van der Waals surface area contributed by atoms with Gasteiger partial charge in [-0.15, -0.1) is 0 Å². The van der Waals surface area contributed by atoms with E-state index in [4.69, 9.17) is 14.5 Å². The molecule has 0 radical (unpaired) electrons. The van der Waals surface area contributed by atoms with Gasteiger partial charge < -0.3 is 14.4 Å². The number of carbonyl (C=O) groups is 1. The minimum absolute atomic E-state index is 0.00231. The van der Waals surface area contributed by atoms with E-state index in [2.05, 4.69) is 33.5 Å². The molecule has 0 unspecified atom stereocenters. The van der Waals surface area contributed by atoms with E-state index in [1.807, 2.05) is 16.9 Å². The first-order valence-corrected chi connectivity index (χ1v) is 11.5. The second-order valence-electron chi connectivity index (χ2n) is 8.90. The highest BCUT2D eigenvalue weighted by molar-refractivity contribution is 5.93. The number of pyridine rings is 1. The highest BCUT2D eigenvalue weighted by Gasteiger charge is 2.32. The molecule has 4 heterocycles. The van der Waals surface area contributed by atoms with E-state index in [1.165, 1.54) is 24.7 Å². The maximum absolute atomic E-state index is 12.0. The molecule has 0 bridgehead atoms. The maximum atomic E-state index is 12.0. The molecule has 0 atom stereocenters. The zero-order valence-electron chi connectivity index (χ0n) is 19.2. The maximum Gasteiger partial charge on any atom is 0.248 e. The first-order chi connectivity index (χ1) is 16.7. The van der Waals surface area contributed by atoms with Crippen LogP contribution in [0.2, 0.25) is 0 Å². The van der Waals surface area contributed by atoms with Crippen molar-refractivity contribution in [3.8, 4) is 28.3 Å². The van der Waals surface area contributed by atoms with Gasteiger partial charge >= 0.3 is 0 Å². The number of H-pyrrole nitrogens is 1. The number of rotatable bonds is 6. The summed E-state index contributed by atoms with van der Waals surface area (Å²) in [5.74, 6) is 0.733. The van der Waals surface area contributed by atoms with Gasteiger partial charge in [0, 0.05) is 43.6 Å². The van der Waals surface area contributed by atoms with Gasteiger partial charge in [-0.2, -0.15) is 10.2 Å². The average Bonchev–Trinajstić information content (AvgIpc) is 3.56. The highest BCUT2D eigenvalue weighted by Crippen LogP contribution is 2.38. The van der Waals surface area contributed by atoms with E-state index >= 15 is 0 Å². The minimum Gasteiger partial charge on any atom is -0.494 e. The Morgan fingerprint density at radius 2 is 2.09 bits per heavy atom. The van der Waals surface area contributed by atoms with Crippen LogP contribution < -0.4 is 4.74 Å². The number of nitrogens with one attached hydrogen (secondary N) is 1. The second-order valence-corrected chi connectivity index (χ2v) is 8.90. The molecule has 1 amide bonds. The lowest BCUT2D eigenvalue weighted by atomic mass is 9.99. The van der Waals surface area contributed by atoms with Crippen LogP contribution in [0.4, 0.5) is 0 Å². The molecular weight excluding hydrogens is 432 g/mol. The van der Waals surface area contributed by atoms with Gasteiger partial charge in [0.1, 0.15) is 29.3 Å². The normalized spacial score (nSPS) is 15.5. The van der Waals surface area contributed by atoms with Gasteiger partial charge in [0.05, 0.1) is 24.9 Å². The Hall–Kier alpha value is -3.72. The molecule has 6 rings (SSSR count). The number of carbonyl (C=O) groups excluding carboxylic acids is 1. The van der Waals surface area contributed by atoms with Gasteiger partial charge in [0.2, 0.25) is 5.91 Å². The van der Waals surface area contributed by atoms with Crippen molar-refractivity contribution >= 4 is 16.9 Å². The van der Waals surface area contributed by atoms with E-state index in [9.17, 15) is 4.79 Å². The lowest BCUT2D eigenvalue weighted by Crippen LogP contribution is -2.51. The van der Waals surface area contributed by atoms with Crippen LogP contribution in [0, 0.1) is 0 Å². The summed E-state index contributed by atoms with van der Waals surface area (Å²) in [6, 6.07) is 8.56. The average molecular weight is 459 g/mol. The number of aromatic nitrogens is 5. The summed E-state index contributed by atoms with van der Waals surface area (Å²) in [6.07, 6.45) is 7.12. The number of aromatic amines is 1. The Labute approximate surface area is 196 Å². The molecule has 1 saturated heterocycles. The van der Waals surface area contributed by atoms with E-state index in [0.29, 0.717) is 13.1 Å². The summed E-state index contributed by atoms with van der Waals surface area (Å²) in [7, 11) is 3.21. The largest absolute Gasteiger partial charge is 0.494 e. The fraction of sp³-hybridized carbons (Fsp3) is 0.360. The van der Waals surface area contributed by atoms with Crippen molar-refractivity contribution in [1.82, 2.24) is 29.9 Å². The van der Waals surface area contributed by atoms with E-state index in [0.717, 1.165) is 52.1 Å². The summed E-state index contributed by atoms with van der Waals surface area (Å²) in [4.78, 5) is 18.8. The quantitative estimate of drug-likeness (QED) is 0.477. The zero-order chi connectivity index (χ0) is 23.2. The molecule has 4 aromatic rings. The van der Waals surface area contributed by atoms with Gasteiger partial charge in [0.25, 0.3) is 0 Å². The Balaban J connectivity index is 1.34. The Kier molecular flexibility index (Phi) is 5.06. The van der Waals surface area contributed by atoms with E-state index in [-0.39, 0.29) is 18.6 Å². The molecular formula is C25H26N6O3. The van der Waals surface area contributed by atoms with Crippen LogP contribution in [0.15, 0.2) is 36.7 Å². The third-order valence-corrected chi connectivity index (χ3v) is 6.85. The van der Waals surface area contributed by atoms with Crippen molar-refractivity contribution in [2.45, 2.75) is 25.3 Å². The van der Waals surface area contributed by atoms with E-state index < -0.39 is 0 Å². The number of nitrogens with zero attached hydrogens (tertiary/aromatic N) is 5. The first-order valence-electron chi connectivity index (χ1n) is 11.5. The molecule has 9 heteroatoms. The number of methoxy groups -OCH3 is 2. The van der Waals surface area contributed by atoms with Gasteiger partial charge in [-0.3, -0.25) is 14.6 Å². The third kappa shape index (κ3) is 3.35. The summed E-state index contributed by atoms with van der Waals surface area (Å²) in [6.45, 7) is 1.37. The molecule has 1 N–H and O–H groups in total.